The number of rotatable bonds is 1. The van der Waals surface area contributed by atoms with Gasteiger partial charge in [-0.1, -0.05) is 18.2 Å². The third kappa shape index (κ3) is 1.80. The van der Waals surface area contributed by atoms with Crippen molar-refractivity contribution in [3.63, 3.8) is 0 Å². The number of hydrazone groups is 1. The molecule has 2 aliphatic heterocycles. The SMILES string of the molecule is Cc1csc(N2N=C3c4ccccc4SCC3(C)C2=O)c1. The molecule has 3 heterocycles. The Kier molecular flexibility index (Phi) is 2.78. The predicted octanol–water partition coefficient (Wildman–Crippen LogP) is 3.92. The minimum atomic E-state index is -0.517. The molecule has 21 heavy (non-hydrogen) atoms. The van der Waals surface area contributed by atoms with Gasteiger partial charge >= 0.3 is 0 Å². The van der Waals surface area contributed by atoms with Crippen LogP contribution in [-0.4, -0.2) is 17.4 Å². The topological polar surface area (TPSA) is 32.7 Å². The zero-order valence-corrected chi connectivity index (χ0v) is 13.4. The zero-order valence-electron chi connectivity index (χ0n) is 11.8. The van der Waals surface area contributed by atoms with Gasteiger partial charge in [-0.15, -0.1) is 23.1 Å². The first-order valence-corrected chi connectivity index (χ1v) is 8.67. The number of thiophene rings is 1. The highest BCUT2D eigenvalue weighted by Crippen LogP contribution is 2.46. The molecule has 106 valence electrons. The molecule has 0 radical (unpaired) electrons. The first-order valence-electron chi connectivity index (χ1n) is 6.80. The fourth-order valence-electron chi connectivity index (χ4n) is 2.76. The van der Waals surface area contributed by atoms with Gasteiger partial charge in [-0.2, -0.15) is 10.1 Å². The van der Waals surface area contributed by atoms with Gasteiger partial charge in [0.2, 0.25) is 0 Å². The zero-order chi connectivity index (χ0) is 14.6. The first-order chi connectivity index (χ1) is 10.1. The van der Waals surface area contributed by atoms with E-state index in [9.17, 15) is 4.79 Å². The molecule has 1 aromatic heterocycles. The molecule has 0 saturated heterocycles. The van der Waals surface area contributed by atoms with Crippen LogP contribution in [0.3, 0.4) is 0 Å². The van der Waals surface area contributed by atoms with E-state index in [4.69, 9.17) is 0 Å². The Hall–Kier alpha value is -1.59. The van der Waals surface area contributed by atoms with Crippen molar-refractivity contribution in [2.75, 3.05) is 10.8 Å². The van der Waals surface area contributed by atoms with Crippen molar-refractivity contribution in [1.82, 2.24) is 0 Å². The van der Waals surface area contributed by atoms with E-state index in [1.807, 2.05) is 32.0 Å². The van der Waals surface area contributed by atoms with Crippen LogP contribution >= 0.6 is 23.1 Å². The number of thioether (sulfide) groups is 1. The Labute approximate surface area is 131 Å². The van der Waals surface area contributed by atoms with E-state index in [1.54, 1.807) is 28.1 Å². The summed E-state index contributed by atoms with van der Waals surface area (Å²) >= 11 is 3.31. The summed E-state index contributed by atoms with van der Waals surface area (Å²) in [5.41, 5.74) is 2.66. The summed E-state index contributed by atoms with van der Waals surface area (Å²) in [6.45, 7) is 4.05. The minimum absolute atomic E-state index is 0.0846. The van der Waals surface area contributed by atoms with E-state index in [0.717, 1.165) is 27.6 Å². The second kappa shape index (κ2) is 4.45. The number of fused-ring (bicyclic) bond motifs is 3. The lowest BCUT2D eigenvalue weighted by molar-refractivity contribution is -0.122. The van der Waals surface area contributed by atoms with Crippen LogP contribution < -0.4 is 5.01 Å². The molecule has 1 aromatic carbocycles. The summed E-state index contributed by atoms with van der Waals surface area (Å²) in [6.07, 6.45) is 0. The smallest absolute Gasteiger partial charge is 0.261 e. The molecule has 2 aliphatic rings. The number of carbonyl (C=O) groups excluding carboxylic acids is 1. The molecule has 3 nitrogen and oxygen atoms in total. The predicted molar refractivity (Wildman–Crippen MR) is 88.4 cm³/mol. The Morgan fingerprint density at radius 3 is 2.90 bits per heavy atom. The number of carbonyl (C=O) groups is 1. The second-order valence-electron chi connectivity index (χ2n) is 5.64. The minimum Gasteiger partial charge on any atom is -0.271 e. The van der Waals surface area contributed by atoms with Crippen LogP contribution in [0.2, 0.25) is 0 Å². The first kappa shape index (κ1) is 13.1. The third-order valence-electron chi connectivity index (χ3n) is 3.97. The van der Waals surface area contributed by atoms with Crippen molar-refractivity contribution in [3.05, 3.63) is 46.8 Å². The van der Waals surface area contributed by atoms with E-state index in [2.05, 4.69) is 22.6 Å². The maximum Gasteiger partial charge on any atom is 0.261 e. The van der Waals surface area contributed by atoms with Crippen LogP contribution in [0.4, 0.5) is 5.00 Å². The van der Waals surface area contributed by atoms with Gasteiger partial charge in [0, 0.05) is 16.2 Å². The number of amides is 1. The van der Waals surface area contributed by atoms with Crippen LogP contribution in [0.25, 0.3) is 0 Å². The Bertz CT molecular complexity index is 780. The maximum absolute atomic E-state index is 12.9. The van der Waals surface area contributed by atoms with Gasteiger partial charge in [0.15, 0.2) is 0 Å². The van der Waals surface area contributed by atoms with Crippen LogP contribution in [0, 0.1) is 12.3 Å². The highest BCUT2D eigenvalue weighted by atomic mass is 32.2. The normalized spacial score (nSPS) is 23.8. The van der Waals surface area contributed by atoms with E-state index in [1.165, 1.54) is 4.90 Å². The molecule has 1 unspecified atom stereocenters. The molecule has 1 atom stereocenters. The van der Waals surface area contributed by atoms with Crippen molar-refractivity contribution in [2.45, 2.75) is 18.7 Å². The second-order valence-corrected chi connectivity index (χ2v) is 7.55. The molecule has 0 bridgehead atoms. The Morgan fingerprint density at radius 2 is 2.14 bits per heavy atom. The summed E-state index contributed by atoms with van der Waals surface area (Å²) in [4.78, 5) is 14.1. The van der Waals surface area contributed by atoms with E-state index >= 15 is 0 Å². The largest absolute Gasteiger partial charge is 0.271 e. The van der Waals surface area contributed by atoms with Crippen molar-refractivity contribution in [2.24, 2.45) is 10.5 Å². The summed E-state index contributed by atoms with van der Waals surface area (Å²) < 4.78 is 0. The lowest BCUT2D eigenvalue weighted by Gasteiger charge is -2.29. The molecular weight excluding hydrogens is 300 g/mol. The number of hydrogen-bond acceptors (Lipinski definition) is 4. The molecule has 0 spiro atoms. The van der Waals surface area contributed by atoms with E-state index < -0.39 is 5.41 Å². The molecule has 4 rings (SSSR count). The summed E-state index contributed by atoms with van der Waals surface area (Å²) in [5.74, 6) is 0.837. The van der Waals surface area contributed by atoms with Gasteiger partial charge in [-0.05, 0) is 36.9 Å². The average Bonchev–Trinajstić information content (AvgIpc) is 3.02. The molecule has 0 aliphatic carbocycles. The van der Waals surface area contributed by atoms with Crippen molar-refractivity contribution in [1.29, 1.82) is 0 Å². The highest BCUT2D eigenvalue weighted by Gasteiger charge is 2.51. The lowest BCUT2D eigenvalue weighted by atomic mass is 9.83. The van der Waals surface area contributed by atoms with Crippen molar-refractivity contribution >= 4 is 39.7 Å². The summed E-state index contributed by atoms with van der Waals surface area (Å²) in [5, 5.41) is 9.24. The van der Waals surface area contributed by atoms with Crippen LogP contribution in [0.15, 0.2) is 45.7 Å². The highest BCUT2D eigenvalue weighted by molar-refractivity contribution is 7.99. The van der Waals surface area contributed by atoms with Crippen LogP contribution in [0.5, 0.6) is 0 Å². The molecule has 0 N–H and O–H groups in total. The molecule has 2 aromatic rings. The van der Waals surface area contributed by atoms with Gasteiger partial charge in [0.05, 0.1) is 5.71 Å². The van der Waals surface area contributed by atoms with Gasteiger partial charge in [0.1, 0.15) is 10.4 Å². The van der Waals surface area contributed by atoms with Gasteiger partial charge in [-0.25, -0.2) is 0 Å². The van der Waals surface area contributed by atoms with Crippen molar-refractivity contribution in [3.8, 4) is 0 Å². The van der Waals surface area contributed by atoms with Gasteiger partial charge in [-0.3, -0.25) is 4.79 Å². The van der Waals surface area contributed by atoms with E-state index in [0.29, 0.717) is 0 Å². The Morgan fingerprint density at radius 1 is 1.33 bits per heavy atom. The molecule has 1 amide bonds. The van der Waals surface area contributed by atoms with Crippen LogP contribution in [-0.2, 0) is 4.79 Å². The number of anilines is 1. The Balaban J connectivity index is 1.86. The number of nitrogens with zero attached hydrogens (tertiary/aromatic N) is 2. The fourth-order valence-corrected chi connectivity index (χ4v) is 4.81. The molecule has 5 heteroatoms. The lowest BCUT2D eigenvalue weighted by Crippen LogP contribution is -2.41. The average molecular weight is 314 g/mol. The van der Waals surface area contributed by atoms with E-state index in [-0.39, 0.29) is 5.91 Å². The maximum atomic E-state index is 12.9. The molecule has 0 fully saturated rings. The quantitative estimate of drug-likeness (QED) is 0.799. The number of hydrogen-bond donors (Lipinski definition) is 0. The number of aryl methyl sites for hydroxylation is 1. The van der Waals surface area contributed by atoms with Gasteiger partial charge in [0.25, 0.3) is 5.91 Å². The molecular formula is C16H14N2OS2. The van der Waals surface area contributed by atoms with Gasteiger partial charge < -0.3 is 0 Å². The van der Waals surface area contributed by atoms with Crippen molar-refractivity contribution < 1.29 is 4.79 Å². The monoisotopic (exact) mass is 314 g/mol. The molecule has 0 saturated carbocycles. The fraction of sp³-hybridized carbons (Fsp3) is 0.250. The summed E-state index contributed by atoms with van der Waals surface area (Å²) in [6, 6.07) is 10.2. The standard InChI is InChI=1S/C16H14N2OS2/c1-10-7-13(20-8-10)18-15(19)16(2)9-21-12-6-4-3-5-11(12)14(16)17-18/h3-8H,9H2,1-2H3. The third-order valence-corrected chi connectivity index (χ3v) is 6.38. The van der Waals surface area contributed by atoms with Crippen LogP contribution in [0.1, 0.15) is 18.1 Å². The summed E-state index contributed by atoms with van der Waals surface area (Å²) in [7, 11) is 0. The number of benzene rings is 1.